The van der Waals surface area contributed by atoms with Crippen molar-refractivity contribution in [1.82, 2.24) is 0 Å². The summed E-state index contributed by atoms with van der Waals surface area (Å²) in [6.45, 7) is 7.88. The van der Waals surface area contributed by atoms with E-state index in [4.69, 9.17) is 19.7 Å². The second kappa shape index (κ2) is 36.1. The first kappa shape index (κ1) is 43.0. The molecule has 0 aromatic rings. The molecule has 6 heteroatoms. The van der Waals surface area contributed by atoms with E-state index in [0.29, 0.717) is 12.8 Å². The van der Waals surface area contributed by atoms with Gasteiger partial charge < -0.3 is 19.7 Å². The first-order valence-electron chi connectivity index (χ1n) is 18.0. The van der Waals surface area contributed by atoms with Gasteiger partial charge in [-0.05, 0) is 26.7 Å². The Morgan fingerprint density at radius 1 is 0.524 bits per heavy atom. The number of carbonyl (C=O) groups is 2. The molecule has 0 heterocycles. The highest BCUT2D eigenvalue weighted by atomic mass is 16.6. The normalized spacial score (nSPS) is 12.3. The number of hydrogen-bond acceptors (Lipinski definition) is 6. The van der Waals surface area contributed by atoms with Gasteiger partial charge in [0.1, 0.15) is 12.7 Å². The smallest absolute Gasteiger partial charge is 0.306 e. The van der Waals surface area contributed by atoms with Crippen molar-refractivity contribution >= 4 is 11.9 Å². The number of hydrogen-bond donors (Lipinski definition) is 2. The fourth-order valence-electron chi connectivity index (χ4n) is 4.82. The zero-order chi connectivity index (χ0) is 31.5. The van der Waals surface area contributed by atoms with Crippen LogP contribution in [0.4, 0.5) is 0 Å². The Morgan fingerprint density at radius 2 is 0.810 bits per heavy atom. The number of aliphatic hydroxyl groups is 2. The summed E-state index contributed by atoms with van der Waals surface area (Å²) in [5.74, 6) is -0.340. The molecule has 0 aromatic heterocycles. The van der Waals surface area contributed by atoms with Crippen LogP contribution in [0.2, 0.25) is 0 Å². The molecule has 0 rings (SSSR count). The molecule has 0 amide bonds. The minimum atomic E-state index is -0.560. The maximum absolute atomic E-state index is 12.0. The van der Waals surface area contributed by atoms with E-state index in [-0.39, 0.29) is 31.3 Å². The van der Waals surface area contributed by atoms with E-state index < -0.39 is 6.10 Å². The van der Waals surface area contributed by atoms with Gasteiger partial charge in [0.15, 0.2) is 0 Å². The van der Waals surface area contributed by atoms with E-state index in [1.807, 2.05) is 0 Å². The van der Waals surface area contributed by atoms with Gasteiger partial charge in [-0.3, -0.25) is 9.59 Å². The molecule has 2 unspecified atom stereocenters. The minimum Gasteiger partial charge on any atom is -0.462 e. The first-order chi connectivity index (χ1) is 20.4. The molecular formula is C36H72O6. The summed E-state index contributed by atoms with van der Waals surface area (Å²) in [4.78, 5) is 24.0. The van der Waals surface area contributed by atoms with Crippen LogP contribution in [0, 0.1) is 0 Å². The zero-order valence-corrected chi connectivity index (χ0v) is 28.5. The van der Waals surface area contributed by atoms with Crippen molar-refractivity contribution < 1.29 is 29.3 Å². The summed E-state index contributed by atoms with van der Waals surface area (Å²) in [5.41, 5.74) is 0. The van der Waals surface area contributed by atoms with Gasteiger partial charge in [-0.1, -0.05) is 155 Å². The van der Waals surface area contributed by atoms with Gasteiger partial charge in [0.2, 0.25) is 0 Å². The Kier molecular flexibility index (Phi) is 36.9. The molecule has 0 saturated carbocycles. The SMILES string of the molecule is CC(O)CO.CCCCCCCCCCCCCCCC(=O)OC(C)COC(=O)CCCCCCCCCCCCC. The molecule has 2 N–H and O–H groups in total. The van der Waals surface area contributed by atoms with Gasteiger partial charge in [0.25, 0.3) is 0 Å². The van der Waals surface area contributed by atoms with E-state index >= 15 is 0 Å². The molecule has 0 aromatic carbocycles. The standard InChI is InChI=1S/C33H64O4.C3H8O2/c1-4-6-8-10-12-14-16-17-19-21-23-25-27-29-33(35)37-31(3)30-36-32(34)28-26-24-22-20-18-15-13-11-9-7-5-2;1-3(5)2-4/h31H,4-30H2,1-3H3;3-5H,2H2,1H3. The predicted octanol–water partition coefficient (Wildman–Crippen LogP) is 10.0. The van der Waals surface area contributed by atoms with E-state index in [2.05, 4.69) is 13.8 Å². The summed E-state index contributed by atoms with van der Waals surface area (Å²) in [6.07, 6.45) is 30.8. The Morgan fingerprint density at radius 3 is 1.12 bits per heavy atom. The van der Waals surface area contributed by atoms with Gasteiger partial charge in [-0.2, -0.15) is 0 Å². The second-order valence-electron chi connectivity index (χ2n) is 12.3. The molecule has 2 atom stereocenters. The number of esters is 2. The number of unbranched alkanes of at least 4 members (excludes halogenated alkanes) is 22. The van der Waals surface area contributed by atoms with Crippen molar-refractivity contribution in [2.75, 3.05) is 13.2 Å². The second-order valence-corrected chi connectivity index (χ2v) is 12.3. The number of carbonyl (C=O) groups excluding carboxylic acids is 2. The third-order valence-electron chi connectivity index (χ3n) is 7.54. The van der Waals surface area contributed by atoms with Crippen molar-refractivity contribution in [3.8, 4) is 0 Å². The monoisotopic (exact) mass is 601 g/mol. The van der Waals surface area contributed by atoms with Crippen LogP contribution in [0.3, 0.4) is 0 Å². The average molecular weight is 601 g/mol. The van der Waals surface area contributed by atoms with Gasteiger partial charge in [0.05, 0.1) is 12.7 Å². The van der Waals surface area contributed by atoms with Gasteiger partial charge >= 0.3 is 11.9 Å². The lowest BCUT2D eigenvalue weighted by Gasteiger charge is -2.13. The molecule has 0 aliphatic carbocycles. The molecular weight excluding hydrogens is 528 g/mol. The predicted molar refractivity (Wildman–Crippen MR) is 177 cm³/mol. The number of rotatable bonds is 30. The van der Waals surface area contributed by atoms with E-state index in [9.17, 15) is 9.59 Å². The summed E-state index contributed by atoms with van der Waals surface area (Å²) in [7, 11) is 0. The maximum atomic E-state index is 12.0. The number of aliphatic hydroxyl groups excluding tert-OH is 2. The molecule has 0 saturated heterocycles. The van der Waals surface area contributed by atoms with Crippen LogP contribution in [-0.2, 0) is 19.1 Å². The Balaban J connectivity index is 0. The van der Waals surface area contributed by atoms with E-state index in [0.717, 1.165) is 25.7 Å². The topological polar surface area (TPSA) is 93.1 Å². The fraction of sp³-hybridized carbons (Fsp3) is 0.944. The number of ether oxygens (including phenoxy) is 2. The lowest BCUT2D eigenvalue weighted by Crippen LogP contribution is -2.22. The molecule has 252 valence electrons. The zero-order valence-electron chi connectivity index (χ0n) is 28.5. The maximum Gasteiger partial charge on any atom is 0.306 e. The van der Waals surface area contributed by atoms with E-state index in [1.165, 1.54) is 135 Å². The summed E-state index contributed by atoms with van der Waals surface area (Å²) >= 11 is 0. The first-order valence-corrected chi connectivity index (χ1v) is 18.0. The van der Waals surface area contributed by atoms with Crippen molar-refractivity contribution in [3.05, 3.63) is 0 Å². The van der Waals surface area contributed by atoms with Gasteiger partial charge in [0, 0.05) is 12.8 Å². The third-order valence-corrected chi connectivity index (χ3v) is 7.54. The van der Waals surface area contributed by atoms with Crippen LogP contribution in [0.25, 0.3) is 0 Å². The molecule has 0 aliphatic rings. The molecule has 0 radical (unpaired) electrons. The molecule has 0 fully saturated rings. The highest BCUT2D eigenvalue weighted by molar-refractivity contribution is 5.70. The average Bonchev–Trinajstić information content (AvgIpc) is 2.97. The van der Waals surface area contributed by atoms with E-state index in [1.54, 1.807) is 6.92 Å². The minimum absolute atomic E-state index is 0.139. The van der Waals surface area contributed by atoms with Crippen molar-refractivity contribution in [2.45, 2.75) is 207 Å². The van der Waals surface area contributed by atoms with Crippen LogP contribution < -0.4 is 0 Å². The largest absolute Gasteiger partial charge is 0.462 e. The van der Waals surface area contributed by atoms with Crippen molar-refractivity contribution in [1.29, 1.82) is 0 Å². The molecule has 0 bridgehead atoms. The van der Waals surface area contributed by atoms with Gasteiger partial charge in [-0.25, -0.2) is 0 Å². The third kappa shape index (κ3) is 38.9. The summed E-state index contributed by atoms with van der Waals surface area (Å²) in [5, 5.41) is 16.0. The lowest BCUT2D eigenvalue weighted by atomic mass is 10.0. The van der Waals surface area contributed by atoms with Crippen LogP contribution in [0.1, 0.15) is 195 Å². The summed E-state index contributed by atoms with van der Waals surface area (Å²) < 4.78 is 10.7. The molecule has 0 aliphatic heterocycles. The van der Waals surface area contributed by atoms with Crippen molar-refractivity contribution in [2.24, 2.45) is 0 Å². The lowest BCUT2D eigenvalue weighted by molar-refractivity contribution is -0.158. The highest BCUT2D eigenvalue weighted by Crippen LogP contribution is 2.14. The fourth-order valence-corrected chi connectivity index (χ4v) is 4.82. The van der Waals surface area contributed by atoms with Crippen LogP contribution in [0.5, 0.6) is 0 Å². The van der Waals surface area contributed by atoms with Gasteiger partial charge in [-0.15, -0.1) is 0 Å². The van der Waals surface area contributed by atoms with Crippen molar-refractivity contribution in [3.63, 3.8) is 0 Å². The Labute approximate surface area is 261 Å². The van der Waals surface area contributed by atoms with Crippen LogP contribution in [0.15, 0.2) is 0 Å². The van der Waals surface area contributed by atoms with Crippen LogP contribution >= 0.6 is 0 Å². The molecule has 0 spiro atoms. The highest BCUT2D eigenvalue weighted by Gasteiger charge is 2.12. The Bertz CT molecular complexity index is 551. The summed E-state index contributed by atoms with van der Waals surface area (Å²) in [6, 6.07) is 0. The van der Waals surface area contributed by atoms with Crippen LogP contribution in [-0.4, -0.2) is 47.6 Å². The molecule has 6 nitrogen and oxygen atoms in total. The Hall–Kier alpha value is -1.14. The molecule has 42 heavy (non-hydrogen) atoms. The quantitative estimate of drug-likeness (QED) is 0.0629.